The third-order valence-electron chi connectivity index (χ3n) is 1.76. The van der Waals surface area contributed by atoms with Crippen LogP contribution in [0.2, 0.25) is 0 Å². The minimum atomic E-state index is -0.829. The van der Waals surface area contributed by atoms with Crippen molar-refractivity contribution >= 4 is 11.9 Å². The number of aliphatic hydroxyl groups excluding tert-OH is 1. The van der Waals surface area contributed by atoms with Gasteiger partial charge in [0.15, 0.2) is 0 Å². The Morgan fingerprint density at radius 3 is 2.92 bits per heavy atom. The number of β-amino-alcohol motifs (C(OH)–C–C–N with tert-alkyl or cyclic N) is 1. The normalized spacial score (nSPS) is 22.5. The first kappa shape index (κ1) is 9.48. The van der Waals surface area contributed by atoms with Crippen molar-refractivity contribution in [3.8, 4) is 6.07 Å². The largest absolute Gasteiger partial charge is 0.395 e. The average Bonchev–Trinajstić information content (AvgIpc) is 2.10. The summed E-state index contributed by atoms with van der Waals surface area (Å²) >= 11 is 0. The molecule has 13 heavy (non-hydrogen) atoms. The van der Waals surface area contributed by atoms with Crippen molar-refractivity contribution in [1.29, 1.82) is 5.26 Å². The third kappa shape index (κ3) is 1.95. The van der Waals surface area contributed by atoms with Crippen molar-refractivity contribution in [2.45, 2.75) is 0 Å². The summed E-state index contributed by atoms with van der Waals surface area (Å²) in [5.41, 5.74) is 0. The van der Waals surface area contributed by atoms with Gasteiger partial charge in [0.25, 0.3) is 0 Å². The van der Waals surface area contributed by atoms with Crippen molar-refractivity contribution in [2.24, 2.45) is 5.92 Å². The second kappa shape index (κ2) is 3.87. The minimum Gasteiger partial charge on any atom is -0.395 e. The zero-order valence-corrected chi connectivity index (χ0v) is 6.86. The second-order valence-electron chi connectivity index (χ2n) is 2.65. The van der Waals surface area contributed by atoms with E-state index in [1.165, 1.54) is 4.90 Å². The Labute approximate surface area is 74.7 Å². The molecule has 3 amide bonds. The predicted octanol–water partition coefficient (Wildman–Crippen LogP) is -1.33. The monoisotopic (exact) mass is 183 g/mol. The van der Waals surface area contributed by atoms with Gasteiger partial charge in [-0.25, -0.2) is 4.79 Å². The first-order chi connectivity index (χ1) is 6.19. The number of hydrogen-bond acceptors (Lipinski definition) is 4. The van der Waals surface area contributed by atoms with Crippen molar-refractivity contribution in [2.75, 3.05) is 19.7 Å². The van der Waals surface area contributed by atoms with Crippen molar-refractivity contribution < 1.29 is 14.7 Å². The molecule has 0 aromatic rings. The predicted molar refractivity (Wildman–Crippen MR) is 41.3 cm³/mol. The van der Waals surface area contributed by atoms with Crippen molar-refractivity contribution in [3.63, 3.8) is 0 Å². The molecule has 1 fully saturated rings. The summed E-state index contributed by atoms with van der Waals surface area (Å²) in [7, 11) is 0. The van der Waals surface area contributed by atoms with E-state index in [1.54, 1.807) is 6.07 Å². The van der Waals surface area contributed by atoms with Crippen LogP contribution in [-0.4, -0.2) is 41.6 Å². The summed E-state index contributed by atoms with van der Waals surface area (Å²) in [6, 6.07) is 1.22. The van der Waals surface area contributed by atoms with E-state index in [2.05, 4.69) is 0 Å². The van der Waals surface area contributed by atoms with E-state index in [0.29, 0.717) is 0 Å². The van der Waals surface area contributed by atoms with E-state index in [1.807, 2.05) is 5.32 Å². The molecule has 0 aromatic carbocycles. The van der Waals surface area contributed by atoms with Crippen LogP contribution in [0, 0.1) is 17.2 Å². The molecule has 1 unspecified atom stereocenters. The van der Waals surface area contributed by atoms with Gasteiger partial charge in [-0.05, 0) is 0 Å². The van der Waals surface area contributed by atoms with E-state index < -0.39 is 17.9 Å². The highest BCUT2D eigenvalue weighted by Gasteiger charge is 2.31. The number of aliphatic hydroxyl groups is 1. The summed E-state index contributed by atoms with van der Waals surface area (Å²) in [6.07, 6.45) is 0. The topological polar surface area (TPSA) is 93.4 Å². The fourth-order valence-electron chi connectivity index (χ4n) is 1.07. The first-order valence-electron chi connectivity index (χ1n) is 3.79. The van der Waals surface area contributed by atoms with Gasteiger partial charge in [-0.3, -0.25) is 10.1 Å². The summed E-state index contributed by atoms with van der Waals surface area (Å²) in [5.74, 6) is -1.40. The fraction of sp³-hybridized carbons (Fsp3) is 0.571. The molecule has 0 spiro atoms. The molecule has 1 saturated heterocycles. The van der Waals surface area contributed by atoms with Crippen LogP contribution in [0.25, 0.3) is 0 Å². The van der Waals surface area contributed by atoms with Crippen LogP contribution in [0.15, 0.2) is 0 Å². The van der Waals surface area contributed by atoms with Crippen molar-refractivity contribution in [1.82, 2.24) is 10.2 Å². The highest BCUT2D eigenvalue weighted by atomic mass is 16.3. The Hall–Kier alpha value is -1.61. The summed E-state index contributed by atoms with van der Waals surface area (Å²) in [5, 5.41) is 19.1. The Morgan fingerprint density at radius 1 is 1.69 bits per heavy atom. The van der Waals surface area contributed by atoms with Gasteiger partial charge in [0.05, 0.1) is 12.7 Å². The van der Waals surface area contributed by atoms with E-state index in [-0.39, 0.29) is 19.7 Å². The quantitative estimate of drug-likeness (QED) is 0.554. The second-order valence-corrected chi connectivity index (χ2v) is 2.65. The maximum atomic E-state index is 11.0. The Kier molecular flexibility index (Phi) is 2.82. The SMILES string of the molecule is N#CC1CN(CCO)C(=O)NC1=O. The number of carbonyl (C=O) groups is 2. The fourth-order valence-corrected chi connectivity index (χ4v) is 1.07. The van der Waals surface area contributed by atoms with E-state index in [0.717, 1.165) is 0 Å². The van der Waals surface area contributed by atoms with E-state index in [4.69, 9.17) is 10.4 Å². The van der Waals surface area contributed by atoms with E-state index >= 15 is 0 Å². The summed E-state index contributed by atoms with van der Waals surface area (Å²) < 4.78 is 0. The van der Waals surface area contributed by atoms with Crippen molar-refractivity contribution in [3.05, 3.63) is 0 Å². The molecular weight excluding hydrogens is 174 g/mol. The number of carbonyl (C=O) groups excluding carboxylic acids is 2. The number of rotatable bonds is 2. The summed E-state index contributed by atoms with van der Waals surface area (Å²) in [4.78, 5) is 23.2. The van der Waals surface area contributed by atoms with Gasteiger partial charge >= 0.3 is 6.03 Å². The molecule has 2 N–H and O–H groups in total. The number of imide groups is 1. The third-order valence-corrected chi connectivity index (χ3v) is 1.76. The first-order valence-corrected chi connectivity index (χ1v) is 3.79. The highest BCUT2D eigenvalue weighted by molar-refractivity contribution is 5.99. The lowest BCUT2D eigenvalue weighted by Gasteiger charge is -2.28. The zero-order valence-electron chi connectivity index (χ0n) is 6.86. The maximum absolute atomic E-state index is 11.0. The van der Waals surface area contributed by atoms with Gasteiger partial charge in [0, 0.05) is 13.1 Å². The van der Waals surface area contributed by atoms with Gasteiger partial charge in [-0.1, -0.05) is 0 Å². The summed E-state index contributed by atoms with van der Waals surface area (Å²) in [6.45, 7) is 0.0127. The van der Waals surface area contributed by atoms with Crippen LogP contribution < -0.4 is 5.32 Å². The molecular formula is C7H9N3O3. The lowest BCUT2D eigenvalue weighted by atomic mass is 10.1. The Balaban J connectivity index is 2.65. The molecule has 1 atom stereocenters. The number of urea groups is 1. The number of nitrogens with zero attached hydrogens (tertiary/aromatic N) is 2. The van der Waals surface area contributed by atoms with Crippen LogP contribution in [0.3, 0.4) is 0 Å². The van der Waals surface area contributed by atoms with Gasteiger partial charge in [0.1, 0.15) is 5.92 Å². The Bertz CT molecular complexity index is 271. The molecule has 0 radical (unpaired) electrons. The van der Waals surface area contributed by atoms with Crippen LogP contribution in [-0.2, 0) is 4.79 Å². The minimum absolute atomic E-state index is 0.0573. The lowest BCUT2D eigenvalue weighted by Crippen LogP contribution is -2.54. The van der Waals surface area contributed by atoms with Crippen LogP contribution in [0.4, 0.5) is 4.79 Å². The standard InChI is InChI=1S/C7H9N3O3/c8-3-5-4-10(1-2-11)7(13)9-6(5)12/h5,11H,1-2,4H2,(H,9,12,13). The average molecular weight is 183 g/mol. The molecule has 6 nitrogen and oxygen atoms in total. The van der Waals surface area contributed by atoms with Crippen LogP contribution in [0.1, 0.15) is 0 Å². The molecule has 70 valence electrons. The molecule has 0 aromatic heterocycles. The maximum Gasteiger partial charge on any atom is 0.324 e. The lowest BCUT2D eigenvalue weighted by molar-refractivity contribution is -0.124. The van der Waals surface area contributed by atoms with E-state index in [9.17, 15) is 9.59 Å². The van der Waals surface area contributed by atoms with Gasteiger partial charge in [0.2, 0.25) is 5.91 Å². The molecule has 6 heteroatoms. The van der Waals surface area contributed by atoms with Gasteiger partial charge in [-0.15, -0.1) is 0 Å². The zero-order chi connectivity index (χ0) is 9.84. The number of amides is 3. The number of hydrogen-bond donors (Lipinski definition) is 2. The molecule has 0 aliphatic carbocycles. The number of nitrogens with one attached hydrogen (secondary N) is 1. The molecule has 0 saturated carbocycles. The highest BCUT2D eigenvalue weighted by Crippen LogP contribution is 2.06. The Morgan fingerprint density at radius 2 is 2.38 bits per heavy atom. The van der Waals surface area contributed by atoms with Crippen LogP contribution in [0.5, 0.6) is 0 Å². The molecule has 1 rings (SSSR count). The van der Waals surface area contributed by atoms with Gasteiger partial charge in [-0.2, -0.15) is 5.26 Å². The molecule has 1 aliphatic rings. The van der Waals surface area contributed by atoms with Gasteiger partial charge < -0.3 is 10.0 Å². The molecule has 1 heterocycles. The molecule has 1 aliphatic heterocycles. The molecule has 0 bridgehead atoms. The smallest absolute Gasteiger partial charge is 0.324 e. The number of nitriles is 1. The van der Waals surface area contributed by atoms with Crippen LogP contribution >= 0.6 is 0 Å².